The highest BCUT2D eigenvalue weighted by Gasteiger charge is 2.18. The van der Waals surface area contributed by atoms with Crippen LogP contribution in [-0.2, 0) is 0 Å². The number of hydrazine groups is 1. The van der Waals surface area contributed by atoms with E-state index in [4.69, 9.17) is 4.42 Å². The van der Waals surface area contributed by atoms with Gasteiger partial charge < -0.3 is 4.42 Å². The van der Waals surface area contributed by atoms with Gasteiger partial charge in [0.1, 0.15) is 11.4 Å². The zero-order valence-electron chi connectivity index (χ0n) is 13.1. The highest BCUT2D eigenvalue weighted by atomic mass is 19.1. The van der Waals surface area contributed by atoms with E-state index >= 15 is 0 Å². The van der Waals surface area contributed by atoms with Crippen molar-refractivity contribution in [2.45, 2.75) is 13.8 Å². The van der Waals surface area contributed by atoms with Crippen molar-refractivity contribution in [1.29, 1.82) is 0 Å². The number of carbonyl (C=O) groups excluding carboxylic acids is 2. The SMILES string of the molecule is Cc1ccc(F)cc1C(=O)NNC(=O)c1oc2ccccc2c1C. The summed E-state index contributed by atoms with van der Waals surface area (Å²) < 4.78 is 18.8. The molecule has 3 rings (SSSR count). The van der Waals surface area contributed by atoms with Crippen LogP contribution in [-0.4, -0.2) is 11.8 Å². The molecule has 0 bridgehead atoms. The van der Waals surface area contributed by atoms with E-state index in [9.17, 15) is 14.0 Å². The summed E-state index contributed by atoms with van der Waals surface area (Å²) in [6.45, 7) is 3.44. The Bertz CT molecular complexity index is 947. The van der Waals surface area contributed by atoms with Crippen LogP contribution in [0.5, 0.6) is 0 Å². The van der Waals surface area contributed by atoms with Crippen molar-refractivity contribution in [3.8, 4) is 0 Å². The van der Waals surface area contributed by atoms with Crippen molar-refractivity contribution in [2.75, 3.05) is 0 Å². The lowest BCUT2D eigenvalue weighted by Gasteiger charge is -2.08. The molecule has 3 aromatic rings. The minimum Gasteiger partial charge on any atom is -0.451 e. The summed E-state index contributed by atoms with van der Waals surface area (Å²) in [5, 5.41) is 0.829. The molecule has 0 aliphatic rings. The second-order valence-electron chi connectivity index (χ2n) is 5.42. The number of para-hydroxylation sites is 1. The third kappa shape index (κ3) is 2.86. The molecule has 0 fully saturated rings. The number of nitrogens with one attached hydrogen (secondary N) is 2. The molecule has 2 N–H and O–H groups in total. The van der Waals surface area contributed by atoms with Gasteiger partial charge in [0.15, 0.2) is 5.76 Å². The van der Waals surface area contributed by atoms with Crippen LogP contribution < -0.4 is 10.9 Å². The molecule has 5 nitrogen and oxygen atoms in total. The Kier molecular flexibility index (Phi) is 4.04. The number of hydrogen-bond donors (Lipinski definition) is 2. The highest BCUT2D eigenvalue weighted by molar-refractivity contribution is 6.01. The van der Waals surface area contributed by atoms with E-state index in [1.807, 2.05) is 18.2 Å². The van der Waals surface area contributed by atoms with Gasteiger partial charge in [0, 0.05) is 16.5 Å². The fourth-order valence-electron chi connectivity index (χ4n) is 2.47. The molecule has 2 amide bonds. The summed E-state index contributed by atoms with van der Waals surface area (Å²) in [5.41, 5.74) is 6.58. The van der Waals surface area contributed by atoms with Gasteiger partial charge in [-0.05, 0) is 37.6 Å². The van der Waals surface area contributed by atoms with Crippen LogP contribution in [0.1, 0.15) is 32.0 Å². The lowest BCUT2D eigenvalue weighted by molar-refractivity contribution is 0.0831. The van der Waals surface area contributed by atoms with Crippen LogP contribution in [0.2, 0.25) is 0 Å². The molecule has 0 saturated heterocycles. The van der Waals surface area contributed by atoms with Crippen molar-refractivity contribution in [3.63, 3.8) is 0 Å². The quantitative estimate of drug-likeness (QED) is 0.710. The molecule has 0 saturated carbocycles. The van der Waals surface area contributed by atoms with Crippen molar-refractivity contribution >= 4 is 22.8 Å². The van der Waals surface area contributed by atoms with Gasteiger partial charge in [0.2, 0.25) is 0 Å². The first-order valence-corrected chi connectivity index (χ1v) is 7.32. The average Bonchev–Trinajstić information content (AvgIpc) is 2.92. The first kappa shape index (κ1) is 15.7. The number of furan rings is 1. The summed E-state index contributed by atoms with van der Waals surface area (Å²) in [6, 6.07) is 11.1. The van der Waals surface area contributed by atoms with Crippen LogP contribution >= 0.6 is 0 Å². The molecule has 122 valence electrons. The maximum absolute atomic E-state index is 13.3. The second kappa shape index (κ2) is 6.16. The predicted molar refractivity (Wildman–Crippen MR) is 87.0 cm³/mol. The molecule has 0 atom stereocenters. The first-order valence-electron chi connectivity index (χ1n) is 7.32. The molecule has 0 unspecified atom stereocenters. The van der Waals surface area contributed by atoms with E-state index < -0.39 is 17.6 Å². The fraction of sp³-hybridized carbons (Fsp3) is 0.111. The first-order chi connectivity index (χ1) is 11.5. The maximum atomic E-state index is 13.3. The van der Waals surface area contributed by atoms with Crippen molar-refractivity contribution in [1.82, 2.24) is 10.9 Å². The van der Waals surface area contributed by atoms with Crippen molar-refractivity contribution in [3.05, 3.63) is 70.7 Å². The van der Waals surface area contributed by atoms with Gasteiger partial charge >= 0.3 is 5.91 Å². The van der Waals surface area contributed by atoms with Crippen LogP contribution in [0.15, 0.2) is 46.9 Å². The number of aryl methyl sites for hydroxylation is 2. The minimum atomic E-state index is -0.603. The molecule has 0 aliphatic carbocycles. The number of carbonyl (C=O) groups is 2. The molecule has 24 heavy (non-hydrogen) atoms. The second-order valence-corrected chi connectivity index (χ2v) is 5.42. The third-order valence-corrected chi connectivity index (χ3v) is 3.78. The summed E-state index contributed by atoms with van der Waals surface area (Å²) in [4.78, 5) is 24.3. The molecule has 6 heteroatoms. The molecule has 0 radical (unpaired) electrons. The van der Waals surface area contributed by atoms with Crippen LogP contribution in [0.3, 0.4) is 0 Å². The van der Waals surface area contributed by atoms with E-state index in [1.54, 1.807) is 19.9 Å². The Labute approximate surface area is 137 Å². The Morgan fingerprint density at radius 2 is 1.71 bits per heavy atom. The lowest BCUT2D eigenvalue weighted by Crippen LogP contribution is -2.42. The summed E-state index contributed by atoms with van der Waals surface area (Å²) in [7, 11) is 0. The maximum Gasteiger partial charge on any atom is 0.305 e. The molecule has 1 heterocycles. The molecule has 0 aliphatic heterocycles. The van der Waals surface area contributed by atoms with Gasteiger partial charge in [-0.2, -0.15) is 0 Å². The third-order valence-electron chi connectivity index (χ3n) is 3.78. The highest BCUT2D eigenvalue weighted by Crippen LogP contribution is 2.24. The fourth-order valence-corrected chi connectivity index (χ4v) is 2.47. The zero-order chi connectivity index (χ0) is 17.3. The van der Waals surface area contributed by atoms with Crippen LogP contribution in [0.4, 0.5) is 4.39 Å². The van der Waals surface area contributed by atoms with Gasteiger partial charge in [0.05, 0.1) is 0 Å². The molecular weight excluding hydrogens is 311 g/mol. The Balaban J connectivity index is 1.76. The van der Waals surface area contributed by atoms with Gasteiger partial charge in [-0.3, -0.25) is 20.4 Å². The summed E-state index contributed by atoms with van der Waals surface area (Å²) >= 11 is 0. The van der Waals surface area contributed by atoms with Crippen LogP contribution in [0.25, 0.3) is 11.0 Å². The normalized spacial score (nSPS) is 10.6. The molecular formula is C18H15FN2O3. The molecule has 2 aromatic carbocycles. The molecule has 0 spiro atoms. The number of halogens is 1. The Morgan fingerprint density at radius 3 is 2.46 bits per heavy atom. The van der Waals surface area contributed by atoms with Crippen molar-refractivity contribution < 1.29 is 18.4 Å². The van der Waals surface area contributed by atoms with E-state index in [-0.39, 0.29) is 11.3 Å². The van der Waals surface area contributed by atoms with E-state index in [0.29, 0.717) is 16.7 Å². The monoisotopic (exact) mass is 326 g/mol. The van der Waals surface area contributed by atoms with Gasteiger partial charge in [-0.1, -0.05) is 24.3 Å². The largest absolute Gasteiger partial charge is 0.451 e. The van der Waals surface area contributed by atoms with Gasteiger partial charge in [-0.15, -0.1) is 0 Å². The standard InChI is InChI=1S/C18H15FN2O3/c1-10-7-8-12(19)9-14(10)17(22)20-21-18(23)16-11(2)13-5-3-4-6-15(13)24-16/h3-9H,1-2H3,(H,20,22)(H,21,23). The topological polar surface area (TPSA) is 71.3 Å². The smallest absolute Gasteiger partial charge is 0.305 e. The average molecular weight is 326 g/mol. The molecule has 1 aromatic heterocycles. The van der Waals surface area contributed by atoms with E-state index in [0.717, 1.165) is 11.5 Å². The van der Waals surface area contributed by atoms with E-state index in [1.165, 1.54) is 12.1 Å². The van der Waals surface area contributed by atoms with E-state index in [2.05, 4.69) is 10.9 Å². The summed E-state index contributed by atoms with van der Waals surface area (Å²) in [5.74, 6) is -1.59. The predicted octanol–water partition coefficient (Wildman–Crippen LogP) is 3.26. The number of rotatable bonds is 2. The van der Waals surface area contributed by atoms with Crippen LogP contribution in [0, 0.1) is 19.7 Å². The Hall–Kier alpha value is -3.15. The zero-order valence-corrected chi connectivity index (χ0v) is 13.1. The van der Waals surface area contributed by atoms with Gasteiger partial charge in [-0.25, -0.2) is 4.39 Å². The number of hydrogen-bond acceptors (Lipinski definition) is 3. The van der Waals surface area contributed by atoms with Gasteiger partial charge in [0.25, 0.3) is 5.91 Å². The van der Waals surface area contributed by atoms with Crippen molar-refractivity contribution in [2.24, 2.45) is 0 Å². The summed E-state index contributed by atoms with van der Waals surface area (Å²) in [6.07, 6.45) is 0. The lowest BCUT2D eigenvalue weighted by atomic mass is 10.1. The Morgan fingerprint density at radius 1 is 1.00 bits per heavy atom. The number of fused-ring (bicyclic) bond motifs is 1. The number of amides is 2. The number of benzene rings is 2. The minimum absolute atomic E-state index is 0.118.